The summed E-state index contributed by atoms with van der Waals surface area (Å²) in [6.07, 6.45) is 8.82. The van der Waals surface area contributed by atoms with E-state index in [1.54, 1.807) is 25.4 Å². The molecular formula is C23H27N3O3S. The van der Waals surface area contributed by atoms with Crippen LogP contribution in [0, 0.1) is 5.92 Å². The number of sulfone groups is 1. The van der Waals surface area contributed by atoms with Gasteiger partial charge in [0.05, 0.1) is 10.5 Å². The fraction of sp³-hybridized carbons (Fsp3) is 0.391. The highest BCUT2D eigenvalue weighted by molar-refractivity contribution is 7.90. The van der Waals surface area contributed by atoms with Crippen molar-refractivity contribution >= 4 is 26.8 Å². The van der Waals surface area contributed by atoms with Crippen molar-refractivity contribution in [3.63, 3.8) is 0 Å². The summed E-state index contributed by atoms with van der Waals surface area (Å²) in [5.74, 6) is 0.621. The Kier molecular flexibility index (Phi) is 5.64. The molecule has 1 saturated carbocycles. The molecule has 4 rings (SSSR count). The lowest BCUT2D eigenvalue weighted by molar-refractivity contribution is 0.0963. The Balaban J connectivity index is 1.72. The highest BCUT2D eigenvalue weighted by Crippen LogP contribution is 2.38. The Hall–Kier alpha value is -2.67. The van der Waals surface area contributed by atoms with Gasteiger partial charge in [-0.25, -0.2) is 13.4 Å². The van der Waals surface area contributed by atoms with Crippen LogP contribution >= 0.6 is 0 Å². The molecule has 1 aliphatic carbocycles. The first-order valence-corrected chi connectivity index (χ1v) is 12.2. The Morgan fingerprint density at radius 1 is 1.20 bits per heavy atom. The van der Waals surface area contributed by atoms with Gasteiger partial charge in [-0.15, -0.1) is 0 Å². The number of hydrogen-bond acceptors (Lipinski definition) is 4. The van der Waals surface area contributed by atoms with E-state index in [4.69, 9.17) is 0 Å². The fourth-order valence-electron chi connectivity index (χ4n) is 4.46. The first kappa shape index (κ1) is 20.6. The van der Waals surface area contributed by atoms with E-state index in [9.17, 15) is 13.2 Å². The Morgan fingerprint density at radius 2 is 1.90 bits per heavy atom. The number of rotatable bonds is 6. The summed E-state index contributed by atoms with van der Waals surface area (Å²) < 4.78 is 23.7. The van der Waals surface area contributed by atoms with Crippen molar-refractivity contribution in [1.29, 1.82) is 0 Å². The molecule has 1 fully saturated rings. The van der Waals surface area contributed by atoms with Crippen LogP contribution in [-0.4, -0.2) is 37.6 Å². The van der Waals surface area contributed by atoms with Gasteiger partial charge in [-0.3, -0.25) is 4.79 Å². The van der Waals surface area contributed by atoms with Crippen molar-refractivity contribution in [2.45, 2.75) is 42.9 Å². The summed E-state index contributed by atoms with van der Waals surface area (Å²) >= 11 is 0. The van der Waals surface area contributed by atoms with Crippen molar-refractivity contribution in [3.8, 4) is 0 Å². The Morgan fingerprint density at radius 3 is 2.53 bits per heavy atom. The Labute approximate surface area is 177 Å². The Bertz CT molecular complexity index is 1160. The summed E-state index contributed by atoms with van der Waals surface area (Å²) in [6.45, 7) is 0. The molecule has 1 aliphatic rings. The fourth-order valence-corrected chi connectivity index (χ4v) is 5.09. The standard InChI is InChI=1S/C23H27N3O3S/c1-24-23(27)18-12-17-13-21(26-22(17)25-14-18)20(11-15-5-3-4-6-15)16-7-9-19(10-8-16)30(2,28)29/h7-10,12-15,20H,3-6,11H2,1-2H3,(H,24,27)(H,25,26). The van der Waals surface area contributed by atoms with Crippen molar-refractivity contribution < 1.29 is 13.2 Å². The molecule has 1 aromatic carbocycles. The maximum absolute atomic E-state index is 12.0. The van der Waals surface area contributed by atoms with Gasteiger partial charge in [0, 0.05) is 36.5 Å². The average molecular weight is 426 g/mol. The van der Waals surface area contributed by atoms with Crippen LogP contribution in [0.5, 0.6) is 0 Å². The lowest BCUT2D eigenvalue weighted by atomic mass is 9.85. The van der Waals surface area contributed by atoms with Crippen molar-refractivity contribution in [1.82, 2.24) is 15.3 Å². The molecule has 0 aliphatic heterocycles. The molecule has 1 amide bonds. The number of nitrogens with one attached hydrogen (secondary N) is 2. The predicted molar refractivity (Wildman–Crippen MR) is 117 cm³/mol. The average Bonchev–Trinajstić information content (AvgIpc) is 3.39. The van der Waals surface area contributed by atoms with Gasteiger partial charge in [-0.2, -0.15) is 0 Å². The van der Waals surface area contributed by atoms with Gasteiger partial charge in [0.2, 0.25) is 0 Å². The predicted octanol–water partition coefficient (Wildman–Crippen LogP) is 4.04. The molecule has 0 radical (unpaired) electrons. The quantitative estimate of drug-likeness (QED) is 0.623. The number of pyridine rings is 1. The van der Waals surface area contributed by atoms with Crippen molar-refractivity contribution in [3.05, 3.63) is 59.4 Å². The van der Waals surface area contributed by atoms with Crippen LogP contribution in [0.3, 0.4) is 0 Å². The van der Waals surface area contributed by atoms with Crippen molar-refractivity contribution in [2.75, 3.05) is 13.3 Å². The maximum atomic E-state index is 12.0. The topological polar surface area (TPSA) is 91.9 Å². The second-order valence-electron chi connectivity index (χ2n) is 8.25. The van der Waals surface area contributed by atoms with Gasteiger partial charge in [-0.1, -0.05) is 37.8 Å². The number of H-pyrrole nitrogens is 1. The first-order chi connectivity index (χ1) is 14.3. The number of benzene rings is 1. The van der Waals surface area contributed by atoms with Gasteiger partial charge in [0.25, 0.3) is 5.91 Å². The molecule has 3 aromatic rings. The molecule has 7 heteroatoms. The number of carbonyl (C=O) groups excluding carboxylic acids is 1. The van der Waals surface area contributed by atoms with Crippen LogP contribution in [-0.2, 0) is 9.84 Å². The summed E-state index contributed by atoms with van der Waals surface area (Å²) in [5.41, 5.74) is 3.42. The minimum atomic E-state index is -3.22. The molecule has 158 valence electrons. The molecule has 2 heterocycles. The van der Waals surface area contributed by atoms with Gasteiger partial charge < -0.3 is 10.3 Å². The number of hydrogen-bond donors (Lipinski definition) is 2. The van der Waals surface area contributed by atoms with E-state index >= 15 is 0 Å². The van der Waals surface area contributed by atoms with E-state index in [1.165, 1.54) is 31.9 Å². The SMILES string of the molecule is CNC(=O)c1cnc2[nH]c(C(CC3CCCC3)c3ccc(S(C)(=O)=O)cc3)cc2c1. The summed E-state index contributed by atoms with van der Waals surface area (Å²) in [4.78, 5) is 20.2. The van der Waals surface area contributed by atoms with Crippen molar-refractivity contribution in [2.24, 2.45) is 5.92 Å². The normalized spacial score (nSPS) is 16.1. The van der Waals surface area contributed by atoms with Crippen LogP contribution in [0.4, 0.5) is 0 Å². The van der Waals surface area contributed by atoms with Gasteiger partial charge in [0.15, 0.2) is 9.84 Å². The minimum Gasteiger partial charge on any atom is -0.355 e. The molecule has 30 heavy (non-hydrogen) atoms. The zero-order valence-electron chi connectivity index (χ0n) is 17.3. The minimum absolute atomic E-state index is 0.124. The zero-order valence-corrected chi connectivity index (χ0v) is 18.1. The second kappa shape index (κ2) is 8.22. The van der Waals surface area contributed by atoms with Gasteiger partial charge in [0.1, 0.15) is 5.65 Å². The largest absolute Gasteiger partial charge is 0.355 e. The summed E-state index contributed by atoms with van der Waals surface area (Å²) in [5, 5.41) is 3.53. The maximum Gasteiger partial charge on any atom is 0.252 e. The zero-order chi connectivity index (χ0) is 21.3. The van der Waals surface area contributed by atoms with Crippen LogP contribution in [0.1, 0.15) is 59.6 Å². The molecular weight excluding hydrogens is 398 g/mol. The number of nitrogens with zero attached hydrogens (tertiary/aromatic N) is 1. The van der Waals surface area contributed by atoms with Crippen LogP contribution in [0.2, 0.25) is 0 Å². The summed E-state index contributed by atoms with van der Waals surface area (Å²) in [7, 11) is -1.62. The van der Waals surface area contributed by atoms with E-state index < -0.39 is 9.84 Å². The van der Waals surface area contributed by atoms with E-state index in [0.717, 1.165) is 28.7 Å². The number of carbonyl (C=O) groups is 1. The van der Waals surface area contributed by atoms with E-state index in [-0.39, 0.29) is 11.8 Å². The highest BCUT2D eigenvalue weighted by Gasteiger charge is 2.24. The van der Waals surface area contributed by atoms with E-state index in [0.29, 0.717) is 16.4 Å². The van der Waals surface area contributed by atoms with Crippen LogP contribution < -0.4 is 5.32 Å². The lowest BCUT2D eigenvalue weighted by Gasteiger charge is -2.20. The molecule has 6 nitrogen and oxygen atoms in total. The molecule has 1 unspecified atom stereocenters. The molecule has 2 aromatic heterocycles. The lowest BCUT2D eigenvalue weighted by Crippen LogP contribution is -2.17. The highest BCUT2D eigenvalue weighted by atomic mass is 32.2. The number of amides is 1. The second-order valence-corrected chi connectivity index (χ2v) is 10.3. The summed E-state index contributed by atoms with van der Waals surface area (Å²) in [6, 6.07) is 11.1. The van der Waals surface area contributed by atoms with E-state index in [2.05, 4.69) is 21.4 Å². The number of fused-ring (bicyclic) bond motifs is 1. The number of aromatic amines is 1. The van der Waals surface area contributed by atoms with Crippen LogP contribution in [0.15, 0.2) is 47.5 Å². The molecule has 0 bridgehead atoms. The molecule has 2 N–H and O–H groups in total. The molecule has 0 saturated heterocycles. The van der Waals surface area contributed by atoms with Gasteiger partial charge >= 0.3 is 0 Å². The third-order valence-corrected chi connectivity index (χ3v) is 7.24. The van der Waals surface area contributed by atoms with E-state index in [1.807, 2.05) is 18.2 Å². The third-order valence-electron chi connectivity index (χ3n) is 6.11. The van der Waals surface area contributed by atoms with Gasteiger partial charge in [-0.05, 0) is 42.2 Å². The third kappa shape index (κ3) is 4.26. The number of aromatic nitrogens is 2. The van der Waals surface area contributed by atoms with Crippen LogP contribution in [0.25, 0.3) is 11.0 Å². The first-order valence-electron chi connectivity index (χ1n) is 10.4. The monoisotopic (exact) mass is 425 g/mol. The molecule has 0 spiro atoms. The molecule has 1 atom stereocenters. The smallest absolute Gasteiger partial charge is 0.252 e.